The van der Waals surface area contributed by atoms with Crippen molar-refractivity contribution in [1.29, 1.82) is 5.26 Å². The molecule has 1 aromatic heterocycles. The average Bonchev–Trinajstić information content (AvgIpc) is 2.35. The number of pyridine rings is 1. The smallest absolute Gasteiger partial charge is 0.326 e. The highest BCUT2D eigenvalue weighted by Crippen LogP contribution is 1.99. The fourth-order valence-electron chi connectivity index (χ4n) is 1.46. The quantitative estimate of drug-likeness (QED) is 0.582. The Balaban J connectivity index is 2.82. The minimum absolute atomic E-state index is 0.0296. The second-order valence-electron chi connectivity index (χ2n) is 3.97. The lowest BCUT2D eigenvalue weighted by molar-refractivity contribution is -0.144. The first kappa shape index (κ1) is 14.0. The molecule has 1 heterocycles. The first-order valence-electron chi connectivity index (χ1n) is 5.86. The van der Waals surface area contributed by atoms with Crippen molar-refractivity contribution < 1.29 is 9.53 Å². The van der Waals surface area contributed by atoms with Crippen LogP contribution < -0.4 is 5.56 Å². The summed E-state index contributed by atoms with van der Waals surface area (Å²) in [5, 5.41) is 8.76. The molecule has 0 atom stereocenters. The van der Waals surface area contributed by atoms with Crippen LogP contribution in [0.2, 0.25) is 0 Å². The number of nitrogens with zero attached hydrogens (tertiary/aromatic N) is 2. The number of rotatable bonds is 5. The number of nitriles is 1. The van der Waals surface area contributed by atoms with E-state index in [1.165, 1.54) is 10.6 Å². The van der Waals surface area contributed by atoms with E-state index in [2.05, 4.69) is 0 Å². The topological polar surface area (TPSA) is 72.1 Å². The summed E-state index contributed by atoms with van der Waals surface area (Å²) in [7, 11) is 0. The van der Waals surface area contributed by atoms with Gasteiger partial charge in [-0.1, -0.05) is 13.3 Å². The lowest BCUT2D eigenvalue weighted by Crippen LogP contribution is -2.28. The third-order valence-corrected chi connectivity index (χ3v) is 2.56. The lowest BCUT2D eigenvalue weighted by Gasteiger charge is -2.09. The van der Waals surface area contributed by atoms with Crippen molar-refractivity contribution in [1.82, 2.24) is 4.57 Å². The number of aromatic nitrogens is 1. The van der Waals surface area contributed by atoms with Gasteiger partial charge in [0.1, 0.15) is 18.2 Å². The van der Waals surface area contributed by atoms with Crippen molar-refractivity contribution >= 4 is 5.97 Å². The number of aryl methyl sites for hydroxylation is 1. The van der Waals surface area contributed by atoms with Crippen molar-refractivity contribution in [3.8, 4) is 6.07 Å². The molecule has 1 rings (SSSR count). The van der Waals surface area contributed by atoms with Crippen LogP contribution in [0.5, 0.6) is 0 Å². The molecule has 0 aliphatic rings. The summed E-state index contributed by atoms with van der Waals surface area (Å²) in [4.78, 5) is 23.3. The van der Waals surface area contributed by atoms with E-state index in [4.69, 9.17) is 10.00 Å². The predicted molar refractivity (Wildman–Crippen MR) is 66.0 cm³/mol. The molecule has 0 unspecified atom stereocenters. The maximum atomic E-state index is 11.8. The number of hydrogen-bond donors (Lipinski definition) is 0. The number of carbonyl (C=O) groups is 1. The molecule has 96 valence electrons. The zero-order valence-corrected chi connectivity index (χ0v) is 10.6. The van der Waals surface area contributed by atoms with Gasteiger partial charge >= 0.3 is 5.97 Å². The molecule has 0 N–H and O–H groups in total. The third kappa shape index (κ3) is 3.45. The Labute approximate surface area is 106 Å². The standard InChI is InChI=1S/C13H16N2O3/c1-3-4-7-18-12(16)9-15-10(2)5-6-11(8-14)13(15)17/h5-6H,3-4,7,9H2,1-2H3. The molecule has 18 heavy (non-hydrogen) atoms. The maximum absolute atomic E-state index is 11.8. The van der Waals surface area contributed by atoms with E-state index in [0.717, 1.165) is 12.8 Å². The molecule has 5 nitrogen and oxygen atoms in total. The van der Waals surface area contributed by atoms with Crippen molar-refractivity contribution in [2.45, 2.75) is 33.2 Å². The fraction of sp³-hybridized carbons (Fsp3) is 0.462. The zero-order chi connectivity index (χ0) is 13.5. The van der Waals surface area contributed by atoms with Gasteiger partial charge in [-0.05, 0) is 25.5 Å². The molecule has 0 saturated carbocycles. The zero-order valence-electron chi connectivity index (χ0n) is 10.6. The van der Waals surface area contributed by atoms with Crippen LogP contribution in [0.25, 0.3) is 0 Å². The minimum atomic E-state index is -0.455. The van der Waals surface area contributed by atoms with Crippen molar-refractivity contribution in [2.75, 3.05) is 6.61 Å². The molecule has 0 saturated heterocycles. The molecule has 0 fully saturated rings. The minimum Gasteiger partial charge on any atom is -0.464 e. The van der Waals surface area contributed by atoms with E-state index in [0.29, 0.717) is 12.3 Å². The highest BCUT2D eigenvalue weighted by molar-refractivity contribution is 5.69. The van der Waals surface area contributed by atoms with Crippen LogP contribution in [-0.2, 0) is 16.1 Å². The van der Waals surface area contributed by atoms with Gasteiger partial charge in [0.2, 0.25) is 0 Å². The Kier molecular flexibility index (Phi) is 5.12. The average molecular weight is 248 g/mol. The highest BCUT2D eigenvalue weighted by Gasteiger charge is 2.10. The Morgan fingerprint density at radius 2 is 2.22 bits per heavy atom. The molecule has 0 aromatic carbocycles. The maximum Gasteiger partial charge on any atom is 0.326 e. The Hall–Kier alpha value is -2.09. The van der Waals surface area contributed by atoms with Gasteiger partial charge in [-0.2, -0.15) is 5.26 Å². The molecule has 0 aliphatic heterocycles. The SMILES string of the molecule is CCCCOC(=O)Cn1c(C)ccc(C#N)c1=O. The highest BCUT2D eigenvalue weighted by atomic mass is 16.5. The summed E-state index contributed by atoms with van der Waals surface area (Å²) in [6.07, 6.45) is 1.74. The second kappa shape index (κ2) is 6.60. The Bertz CT molecular complexity index is 526. The van der Waals surface area contributed by atoms with Gasteiger partial charge < -0.3 is 9.30 Å². The van der Waals surface area contributed by atoms with Crippen molar-refractivity contribution in [2.24, 2.45) is 0 Å². The molecule has 0 aliphatic carbocycles. The van der Waals surface area contributed by atoms with E-state index >= 15 is 0 Å². The summed E-state index contributed by atoms with van der Waals surface area (Å²) in [6.45, 7) is 3.92. The van der Waals surface area contributed by atoms with Gasteiger partial charge in [0, 0.05) is 5.69 Å². The number of unbranched alkanes of at least 4 members (excludes halogenated alkanes) is 1. The molecule has 0 spiro atoms. The van der Waals surface area contributed by atoms with E-state index in [1.54, 1.807) is 19.1 Å². The summed E-state index contributed by atoms with van der Waals surface area (Å²) >= 11 is 0. The van der Waals surface area contributed by atoms with Crippen molar-refractivity contribution in [3.63, 3.8) is 0 Å². The van der Waals surface area contributed by atoms with Gasteiger partial charge in [0.25, 0.3) is 5.56 Å². The van der Waals surface area contributed by atoms with Crippen LogP contribution >= 0.6 is 0 Å². The first-order valence-corrected chi connectivity index (χ1v) is 5.86. The molecule has 1 aromatic rings. The molecule has 0 bridgehead atoms. The monoisotopic (exact) mass is 248 g/mol. The first-order chi connectivity index (χ1) is 8.60. The van der Waals surface area contributed by atoms with Crippen LogP contribution in [0.3, 0.4) is 0 Å². The van der Waals surface area contributed by atoms with Gasteiger partial charge in [0.05, 0.1) is 6.61 Å². The van der Waals surface area contributed by atoms with E-state index in [-0.39, 0.29) is 12.1 Å². The number of carbonyl (C=O) groups excluding carboxylic acids is 1. The molecular weight excluding hydrogens is 232 g/mol. The second-order valence-corrected chi connectivity index (χ2v) is 3.97. The summed E-state index contributed by atoms with van der Waals surface area (Å²) in [5.41, 5.74) is 0.207. The van der Waals surface area contributed by atoms with Crippen LogP contribution in [0, 0.1) is 18.3 Å². The largest absolute Gasteiger partial charge is 0.464 e. The van der Waals surface area contributed by atoms with E-state index < -0.39 is 11.5 Å². The molecule has 0 radical (unpaired) electrons. The number of ether oxygens (including phenoxy) is 1. The van der Waals surface area contributed by atoms with Gasteiger partial charge in [-0.3, -0.25) is 9.59 Å². The van der Waals surface area contributed by atoms with Crippen LogP contribution in [-0.4, -0.2) is 17.1 Å². The molecule has 5 heteroatoms. The summed E-state index contributed by atoms with van der Waals surface area (Å²) in [6, 6.07) is 4.90. The lowest BCUT2D eigenvalue weighted by atomic mass is 10.2. The third-order valence-electron chi connectivity index (χ3n) is 2.56. The van der Waals surface area contributed by atoms with Gasteiger partial charge in [-0.15, -0.1) is 0 Å². The Morgan fingerprint density at radius 3 is 2.83 bits per heavy atom. The fourth-order valence-corrected chi connectivity index (χ4v) is 1.46. The predicted octanol–water partition coefficient (Wildman–Crippen LogP) is 1.37. The van der Waals surface area contributed by atoms with Gasteiger partial charge in [-0.25, -0.2) is 0 Å². The van der Waals surface area contributed by atoms with E-state index in [1.807, 2.05) is 6.92 Å². The van der Waals surface area contributed by atoms with Crippen LogP contribution in [0.15, 0.2) is 16.9 Å². The van der Waals surface area contributed by atoms with E-state index in [9.17, 15) is 9.59 Å². The number of hydrogen-bond acceptors (Lipinski definition) is 4. The van der Waals surface area contributed by atoms with Crippen molar-refractivity contribution in [3.05, 3.63) is 33.7 Å². The van der Waals surface area contributed by atoms with Crippen LogP contribution in [0.1, 0.15) is 31.0 Å². The molecule has 0 amide bonds. The Morgan fingerprint density at radius 1 is 1.50 bits per heavy atom. The summed E-state index contributed by atoms with van der Waals surface area (Å²) in [5.74, 6) is -0.455. The van der Waals surface area contributed by atoms with Crippen LogP contribution in [0.4, 0.5) is 0 Å². The summed E-state index contributed by atoms with van der Waals surface area (Å²) < 4.78 is 6.25. The van der Waals surface area contributed by atoms with Gasteiger partial charge in [0.15, 0.2) is 0 Å². The normalized spacial score (nSPS) is 9.83. The molecular formula is C13H16N2O3. The number of esters is 1.